The SMILES string of the molecule is CC(N)c1nc(CN2CCCC(C(C)C)CC2)cs1. The van der Waals surface area contributed by atoms with Gasteiger partial charge < -0.3 is 5.73 Å². The normalized spacial score (nSPS) is 23.5. The molecular formula is C15H27N3S. The van der Waals surface area contributed by atoms with Gasteiger partial charge in [-0.3, -0.25) is 4.90 Å². The highest BCUT2D eigenvalue weighted by atomic mass is 32.1. The fourth-order valence-corrected chi connectivity index (χ4v) is 3.61. The van der Waals surface area contributed by atoms with E-state index in [1.807, 2.05) is 6.92 Å². The van der Waals surface area contributed by atoms with Gasteiger partial charge in [-0.2, -0.15) is 0 Å². The Morgan fingerprint density at radius 2 is 2.16 bits per heavy atom. The topological polar surface area (TPSA) is 42.1 Å². The lowest BCUT2D eigenvalue weighted by Gasteiger charge is -2.20. The maximum atomic E-state index is 5.87. The minimum Gasteiger partial charge on any atom is -0.322 e. The van der Waals surface area contributed by atoms with Crippen molar-refractivity contribution in [1.29, 1.82) is 0 Å². The van der Waals surface area contributed by atoms with Gasteiger partial charge in [-0.05, 0) is 51.1 Å². The molecule has 2 unspecified atom stereocenters. The number of nitrogens with zero attached hydrogens (tertiary/aromatic N) is 2. The largest absolute Gasteiger partial charge is 0.322 e. The maximum Gasteiger partial charge on any atom is 0.109 e. The van der Waals surface area contributed by atoms with E-state index in [2.05, 4.69) is 29.1 Å². The summed E-state index contributed by atoms with van der Waals surface area (Å²) in [5, 5.41) is 3.23. The van der Waals surface area contributed by atoms with Gasteiger partial charge >= 0.3 is 0 Å². The number of likely N-dealkylation sites (tertiary alicyclic amines) is 1. The van der Waals surface area contributed by atoms with Crippen molar-refractivity contribution >= 4 is 11.3 Å². The van der Waals surface area contributed by atoms with Gasteiger partial charge in [0.25, 0.3) is 0 Å². The maximum absolute atomic E-state index is 5.87. The molecule has 2 rings (SSSR count). The molecule has 1 aliphatic heterocycles. The Balaban J connectivity index is 1.88. The molecule has 0 aliphatic carbocycles. The molecule has 19 heavy (non-hydrogen) atoms. The number of hydrogen-bond acceptors (Lipinski definition) is 4. The van der Waals surface area contributed by atoms with E-state index in [0.29, 0.717) is 0 Å². The highest BCUT2D eigenvalue weighted by Gasteiger charge is 2.20. The molecule has 3 nitrogen and oxygen atoms in total. The average molecular weight is 281 g/mol. The van der Waals surface area contributed by atoms with Crippen molar-refractivity contribution in [2.24, 2.45) is 17.6 Å². The van der Waals surface area contributed by atoms with E-state index in [-0.39, 0.29) is 6.04 Å². The minimum absolute atomic E-state index is 0.0632. The van der Waals surface area contributed by atoms with Gasteiger partial charge in [-0.15, -0.1) is 11.3 Å². The molecular weight excluding hydrogens is 254 g/mol. The average Bonchev–Trinajstić information content (AvgIpc) is 2.68. The molecule has 1 aromatic rings. The molecule has 0 aromatic carbocycles. The first-order valence-electron chi connectivity index (χ1n) is 7.48. The van der Waals surface area contributed by atoms with Crippen LogP contribution in [-0.4, -0.2) is 23.0 Å². The summed E-state index contributed by atoms with van der Waals surface area (Å²) in [6, 6.07) is 0.0632. The van der Waals surface area contributed by atoms with Crippen LogP contribution in [0.1, 0.15) is 56.8 Å². The van der Waals surface area contributed by atoms with Crippen LogP contribution in [0, 0.1) is 11.8 Å². The Morgan fingerprint density at radius 1 is 1.37 bits per heavy atom. The van der Waals surface area contributed by atoms with Crippen LogP contribution in [0.4, 0.5) is 0 Å². The highest BCUT2D eigenvalue weighted by molar-refractivity contribution is 7.09. The van der Waals surface area contributed by atoms with Crippen LogP contribution in [0.5, 0.6) is 0 Å². The molecule has 0 bridgehead atoms. The van der Waals surface area contributed by atoms with E-state index in [9.17, 15) is 0 Å². The molecule has 1 saturated heterocycles. The first-order chi connectivity index (χ1) is 9.06. The van der Waals surface area contributed by atoms with E-state index < -0.39 is 0 Å². The molecule has 1 aliphatic rings. The van der Waals surface area contributed by atoms with Gasteiger partial charge in [-0.1, -0.05) is 13.8 Å². The zero-order valence-corrected chi connectivity index (χ0v) is 13.2. The van der Waals surface area contributed by atoms with Gasteiger partial charge in [0, 0.05) is 11.9 Å². The van der Waals surface area contributed by atoms with Crippen molar-refractivity contribution in [2.45, 2.75) is 52.6 Å². The summed E-state index contributed by atoms with van der Waals surface area (Å²) in [6.07, 6.45) is 4.05. The molecule has 0 amide bonds. The summed E-state index contributed by atoms with van der Waals surface area (Å²) in [7, 11) is 0. The minimum atomic E-state index is 0.0632. The van der Waals surface area contributed by atoms with E-state index in [1.165, 1.54) is 38.0 Å². The summed E-state index contributed by atoms with van der Waals surface area (Å²) in [5.74, 6) is 1.73. The molecule has 0 saturated carbocycles. The second kappa shape index (κ2) is 6.82. The van der Waals surface area contributed by atoms with Gasteiger partial charge in [0.05, 0.1) is 11.7 Å². The molecule has 108 valence electrons. The third-order valence-electron chi connectivity index (χ3n) is 4.15. The van der Waals surface area contributed by atoms with Gasteiger partial charge in [0.2, 0.25) is 0 Å². The fraction of sp³-hybridized carbons (Fsp3) is 0.800. The Kier molecular flexibility index (Phi) is 5.37. The second-order valence-electron chi connectivity index (χ2n) is 6.18. The lowest BCUT2D eigenvalue weighted by Crippen LogP contribution is -2.24. The summed E-state index contributed by atoms with van der Waals surface area (Å²) in [4.78, 5) is 7.20. The summed E-state index contributed by atoms with van der Waals surface area (Å²) in [5.41, 5.74) is 7.07. The Labute approximate surface area is 121 Å². The summed E-state index contributed by atoms with van der Waals surface area (Å²) >= 11 is 1.69. The van der Waals surface area contributed by atoms with Crippen molar-refractivity contribution in [1.82, 2.24) is 9.88 Å². The number of aromatic nitrogens is 1. The van der Waals surface area contributed by atoms with E-state index in [4.69, 9.17) is 5.73 Å². The van der Waals surface area contributed by atoms with E-state index in [0.717, 1.165) is 23.4 Å². The van der Waals surface area contributed by atoms with E-state index >= 15 is 0 Å². The van der Waals surface area contributed by atoms with Crippen LogP contribution >= 0.6 is 11.3 Å². The number of rotatable bonds is 4. The number of thiazole rings is 1. The first kappa shape index (κ1) is 14.9. The smallest absolute Gasteiger partial charge is 0.109 e. The van der Waals surface area contributed by atoms with Crippen molar-refractivity contribution in [3.8, 4) is 0 Å². The van der Waals surface area contributed by atoms with Gasteiger partial charge in [0.15, 0.2) is 0 Å². The predicted octanol–water partition coefficient (Wildman–Crippen LogP) is 3.42. The lowest BCUT2D eigenvalue weighted by molar-refractivity contribution is 0.262. The molecule has 2 N–H and O–H groups in total. The van der Waals surface area contributed by atoms with Crippen molar-refractivity contribution in [3.05, 3.63) is 16.1 Å². The lowest BCUT2D eigenvalue weighted by atomic mass is 9.89. The van der Waals surface area contributed by atoms with Crippen LogP contribution in [0.3, 0.4) is 0 Å². The van der Waals surface area contributed by atoms with E-state index in [1.54, 1.807) is 11.3 Å². The van der Waals surface area contributed by atoms with Crippen molar-refractivity contribution < 1.29 is 0 Å². The third kappa shape index (κ3) is 4.26. The third-order valence-corrected chi connectivity index (χ3v) is 5.25. The summed E-state index contributed by atoms with van der Waals surface area (Å²) < 4.78 is 0. The quantitative estimate of drug-likeness (QED) is 0.919. The molecule has 0 spiro atoms. The zero-order valence-electron chi connectivity index (χ0n) is 12.4. The Bertz CT molecular complexity index is 386. The highest BCUT2D eigenvalue weighted by Crippen LogP contribution is 2.25. The standard InChI is InChI=1S/C15H27N3S/c1-11(2)13-5-4-7-18(8-6-13)9-14-10-19-15(17-14)12(3)16/h10-13H,4-9,16H2,1-3H3. The number of hydrogen-bond donors (Lipinski definition) is 1. The van der Waals surface area contributed by atoms with Crippen LogP contribution < -0.4 is 5.73 Å². The van der Waals surface area contributed by atoms with Crippen LogP contribution in [-0.2, 0) is 6.54 Å². The molecule has 2 atom stereocenters. The second-order valence-corrected chi connectivity index (χ2v) is 7.07. The molecule has 1 fully saturated rings. The summed E-state index contributed by atoms with van der Waals surface area (Å²) in [6.45, 7) is 10.1. The predicted molar refractivity (Wildman–Crippen MR) is 82.2 cm³/mol. The molecule has 4 heteroatoms. The van der Waals surface area contributed by atoms with Gasteiger partial charge in [-0.25, -0.2) is 4.98 Å². The number of nitrogens with two attached hydrogens (primary N) is 1. The van der Waals surface area contributed by atoms with Crippen LogP contribution in [0.25, 0.3) is 0 Å². The van der Waals surface area contributed by atoms with Crippen LogP contribution in [0.15, 0.2) is 5.38 Å². The Morgan fingerprint density at radius 3 is 2.79 bits per heavy atom. The Hall–Kier alpha value is -0.450. The zero-order chi connectivity index (χ0) is 13.8. The van der Waals surface area contributed by atoms with Gasteiger partial charge in [0.1, 0.15) is 5.01 Å². The molecule has 0 radical (unpaired) electrons. The molecule has 1 aromatic heterocycles. The first-order valence-corrected chi connectivity index (χ1v) is 8.36. The van der Waals surface area contributed by atoms with Crippen LogP contribution in [0.2, 0.25) is 0 Å². The molecule has 2 heterocycles. The monoisotopic (exact) mass is 281 g/mol. The fourth-order valence-electron chi connectivity index (χ4n) is 2.84. The van der Waals surface area contributed by atoms with Crippen molar-refractivity contribution in [3.63, 3.8) is 0 Å². The van der Waals surface area contributed by atoms with Crippen molar-refractivity contribution in [2.75, 3.05) is 13.1 Å².